The molecule has 0 radical (unpaired) electrons. The SMILES string of the molecule is N#Cc1cc(NCCO)ccc1[N+](=O)[O-]. The minimum absolute atomic E-state index is 0.00272. The van der Waals surface area contributed by atoms with Gasteiger partial charge in [-0.05, 0) is 12.1 Å². The lowest BCUT2D eigenvalue weighted by molar-refractivity contribution is -0.385. The van der Waals surface area contributed by atoms with Gasteiger partial charge in [0.25, 0.3) is 5.69 Å². The van der Waals surface area contributed by atoms with Crippen molar-refractivity contribution < 1.29 is 10.0 Å². The molecule has 0 spiro atoms. The number of aliphatic hydroxyl groups is 1. The van der Waals surface area contributed by atoms with E-state index >= 15 is 0 Å². The zero-order chi connectivity index (χ0) is 11.3. The molecule has 0 amide bonds. The molecule has 0 saturated carbocycles. The van der Waals surface area contributed by atoms with Crippen molar-refractivity contribution in [2.45, 2.75) is 0 Å². The Morgan fingerprint density at radius 3 is 2.87 bits per heavy atom. The van der Waals surface area contributed by atoms with E-state index in [0.29, 0.717) is 12.2 Å². The zero-order valence-electron chi connectivity index (χ0n) is 7.80. The molecule has 0 aliphatic rings. The molecule has 6 nitrogen and oxygen atoms in total. The second kappa shape index (κ2) is 4.93. The first-order valence-electron chi connectivity index (χ1n) is 4.22. The van der Waals surface area contributed by atoms with Crippen LogP contribution in [0.1, 0.15) is 5.56 Å². The number of benzene rings is 1. The van der Waals surface area contributed by atoms with Gasteiger partial charge in [-0.1, -0.05) is 0 Å². The zero-order valence-corrected chi connectivity index (χ0v) is 7.80. The van der Waals surface area contributed by atoms with E-state index in [0.717, 1.165) is 0 Å². The predicted octanol–water partition coefficient (Wildman–Crippen LogP) is 0.871. The van der Waals surface area contributed by atoms with Crippen LogP contribution in [0.25, 0.3) is 0 Å². The maximum absolute atomic E-state index is 10.5. The van der Waals surface area contributed by atoms with Crippen LogP contribution < -0.4 is 5.32 Å². The van der Waals surface area contributed by atoms with Gasteiger partial charge in [-0.2, -0.15) is 5.26 Å². The normalized spacial score (nSPS) is 9.33. The van der Waals surface area contributed by atoms with Gasteiger partial charge in [0.15, 0.2) is 0 Å². The third-order valence-corrected chi connectivity index (χ3v) is 1.75. The lowest BCUT2D eigenvalue weighted by Crippen LogP contribution is -2.05. The monoisotopic (exact) mass is 207 g/mol. The lowest BCUT2D eigenvalue weighted by Gasteiger charge is -2.04. The van der Waals surface area contributed by atoms with Crippen LogP contribution in [-0.2, 0) is 0 Å². The Bertz CT molecular complexity index is 412. The van der Waals surface area contributed by atoms with E-state index in [1.807, 2.05) is 0 Å². The van der Waals surface area contributed by atoms with Gasteiger partial charge >= 0.3 is 0 Å². The maximum atomic E-state index is 10.5. The molecule has 1 aromatic carbocycles. The lowest BCUT2D eigenvalue weighted by atomic mass is 10.2. The summed E-state index contributed by atoms with van der Waals surface area (Å²) in [4.78, 5) is 9.90. The van der Waals surface area contributed by atoms with E-state index in [-0.39, 0.29) is 17.9 Å². The van der Waals surface area contributed by atoms with E-state index in [9.17, 15) is 10.1 Å². The smallest absolute Gasteiger partial charge is 0.287 e. The molecule has 15 heavy (non-hydrogen) atoms. The highest BCUT2D eigenvalue weighted by Crippen LogP contribution is 2.21. The van der Waals surface area contributed by atoms with Crippen LogP contribution in [-0.4, -0.2) is 23.2 Å². The molecule has 0 aliphatic heterocycles. The summed E-state index contributed by atoms with van der Waals surface area (Å²) < 4.78 is 0. The van der Waals surface area contributed by atoms with E-state index in [2.05, 4.69) is 5.32 Å². The van der Waals surface area contributed by atoms with Crippen molar-refractivity contribution in [1.29, 1.82) is 5.26 Å². The summed E-state index contributed by atoms with van der Waals surface area (Å²) in [5.74, 6) is 0. The van der Waals surface area contributed by atoms with Crippen LogP contribution in [0.2, 0.25) is 0 Å². The maximum Gasteiger partial charge on any atom is 0.287 e. The number of anilines is 1. The quantitative estimate of drug-likeness (QED) is 0.563. The molecule has 6 heteroatoms. The third-order valence-electron chi connectivity index (χ3n) is 1.75. The standard InChI is InChI=1S/C9H9N3O3/c10-6-7-5-8(11-3-4-13)1-2-9(7)12(14)15/h1-2,5,11,13H,3-4H2. The largest absolute Gasteiger partial charge is 0.395 e. The van der Waals surface area contributed by atoms with Crippen molar-refractivity contribution in [2.24, 2.45) is 0 Å². The summed E-state index contributed by atoms with van der Waals surface area (Å²) in [5.41, 5.74) is 0.362. The Balaban J connectivity index is 2.98. The molecule has 0 aliphatic carbocycles. The third kappa shape index (κ3) is 2.65. The second-order valence-corrected chi connectivity index (χ2v) is 2.75. The first-order valence-corrected chi connectivity index (χ1v) is 4.22. The first-order chi connectivity index (χ1) is 7.19. The fourth-order valence-electron chi connectivity index (χ4n) is 1.10. The molecule has 0 saturated heterocycles. The number of hydrogen-bond donors (Lipinski definition) is 2. The second-order valence-electron chi connectivity index (χ2n) is 2.75. The highest BCUT2D eigenvalue weighted by Gasteiger charge is 2.13. The number of nitro benzene ring substituents is 1. The molecular formula is C9H9N3O3. The molecule has 0 bridgehead atoms. The van der Waals surface area contributed by atoms with Crippen molar-refractivity contribution >= 4 is 11.4 Å². The van der Waals surface area contributed by atoms with Crippen LogP contribution in [0.5, 0.6) is 0 Å². The van der Waals surface area contributed by atoms with Gasteiger partial charge in [0.1, 0.15) is 11.6 Å². The topological polar surface area (TPSA) is 99.2 Å². The Morgan fingerprint density at radius 2 is 2.33 bits per heavy atom. The van der Waals surface area contributed by atoms with Crippen LogP contribution in [0.4, 0.5) is 11.4 Å². The molecule has 0 aromatic heterocycles. The predicted molar refractivity (Wildman–Crippen MR) is 53.4 cm³/mol. The van der Waals surface area contributed by atoms with Gasteiger partial charge in [-0.15, -0.1) is 0 Å². The van der Waals surface area contributed by atoms with Gasteiger partial charge in [0, 0.05) is 18.3 Å². The fraction of sp³-hybridized carbons (Fsp3) is 0.222. The summed E-state index contributed by atoms with van der Waals surface area (Å²) >= 11 is 0. The number of nitrogens with one attached hydrogen (secondary N) is 1. The van der Waals surface area contributed by atoms with Crippen LogP contribution in [0.15, 0.2) is 18.2 Å². The van der Waals surface area contributed by atoms with Crippen LogP contribution in [0, 0.1) is 21.4 Å². The number of aliphatic hydroxyl groups excluding tert-OH is 1. The average molecular weight is 207 g/mol. The molecule has 1 rings (SSSR count). The minimum atomic E-state index is -0.603. The number of hydrogen-bond acceptors (Lipinski definition) is 5. The Kier molecular flexibility index (Phi) is 3.60. The molecule has 0 atom stereocenters. The van der Waals surface area contributed by atoms with Crippen LogP contribution in [0.3, 0.4) is 0 Å². The van der Waals surface area contributed by atoms with E-state index in [1.165, 1.54) is 18.2 Å². The summed E-state index contributed by atoms with van der Waals surface area (Å²) in [7, 11) is 0. The average Bonchev–Trinajstić information content (AvgIpc) is 2.25. The molecule has 78 valence electrons. The highest BCUT2D eigenvalue weighted by molar-refractivity contribution is 5.58. The number of nitriles is 1. The fourth-order valence-corrected chi connectivity index (χ4v) is 1.10. The van der Waals surface area contributed by atoms with Gasteiger partial charge in [-0.3, -0.25) is 10.1 Å². The van der Waals surface area contributed by atoms with Crippen molar-refractivity contribution in [2.75, 3.05) is 18.5 Å². The summed E-state index contributed by atoms with van der Waals surface area (Å²) in [6.07, 6.45) is 0. The van der Waals surface area contributed by atoms with Crippen molar-refractivity contribution in [3.05, 3.63) is 33.9 Å². The van der Waals surface area contributed by atoms with E-state index in [1.54, 1.807) is 6.07 Å². The van der Waals surface area contributed by atoms with Crippen LogP contribution >= 0.6 is 0 Å². The van der Waals surface area contributed by atoms with Gasteiger partial charge < -0.3 is 10.4 Å². The van der Waals surface area contributed by atoms with Gasteiger partial charge in [-0.25, -0.2) is 0 Å². The molecule has 0 heterocycles. The molecule has 2 N–H and O–H groups in total. The highest BCUT2D eigenvalue weighted by atomic mass is 16.6. The molecule has 1 aromatic rings. The van der Waals surface area contributed by atoms with Gasteiger partial charge in [0.05, 0.1) is 11.5 Å². The molecule has 0 fully saturated rings. The Morgan fingerprint density at radius 1 is 1.60 bits per heavy atom. The first kappa shape index (κ1) is 10.9. The van der Waals surface area contributed by atoms with Gasteiger partial charge in [0.2, 0.25) is 0 Å². The molecule has 0 unspecified atom stereocenters. The summed E-state index contributed by atoms with van der Waals surface area (Å²) in [6, 6.07) is 5.89. The number of nitrogens with zero attached hydrogens (tertiary/aromatic N) is 2. The Labute approximate surface area is 85.9 Å². The Hall–Kier alpha value is -2.13. The molecular weight excluding hydrogens is 198 g/mol. The van der Waals surface area contributed by atoms with E-state index in [4.69, 9.17) is 10.4 Å². The van der Waals surface area contributed by atoms with E-state index < -0.39 is 4.92 Å². The van der Waals surface area contributed by atoms with Crippen molar-refractivity contribution in [3.8, 4) is 6.07 Å². The minimum Gasteiger partial charge on any atom is -0.395 e. The summed E-state index contributed by atoms with van der Waals surface area (Å²) in [5, 5.41) is 30.6. The van der Waals surface area contributed by atoms with Crippen molar-refractivity contribution in [3.63, 3.8) is 0 Å². The number of nitro groups is 1. The van der Waals surface area contributed by atoms with Crippen molar-refractivity contribution in [1.82, 2.24) is 0 Å². The number of rotatable bonds is 4. The summed E-state index contributed by atoms with van der Waals surface area (Å²) in [6.45, 7) is 0.293.